The van der Waals surface area contributed by atoms with Crippen LogP contribution < -0.4 is 5.32 Å². The van der Waals surface area contributed by atoms with Crippen molar-refractivity contribution in [2.75, 3.05) is 13.2 Å². The number of aliphatic hydroxyl groups is 5. The Balaban J connectivity index is 2.64. The summed E-state index contributed by atoms with van der Waals surface area (Å²) in [5, 5.41) is 57.0. The minimum atomic E-state index is -1.62. The Morgan fingerprint density at radius 2 is 0.873 bits per heavy atom. The predicted molar refractivity (Wildman–Crippen MR) is 329 cm³/mol. The molecule has 0 aromatic carbocycles. The van der Waals surface area contributed by atoms with Crippen LogP contribution in [-0.4, -0.2) is 99.6 Å². The van der Waals surface area contributed by atoms with E-state index in [0.29, 0.717) is 12.8 Å². The maximum atomic E-state index is 13.4. The first kappa shape index (κ1) is 74.1. The van der Waals surface area contributed by atoms with Crippen molar-refractivity contribution < 1.29 is 49.3 Å². The van der Waals surface area contributed by atoms with Gasteiger partial charge in [0.05, 0.1) is 25.4 Å². The van der Waals surface area contributed by atoms with E-state index in [4.69, 9.17) is 14.2 Å². The van der Waals surface area contributed by atoms with Gasteiger partial charge in [0.1, 0.15) is 24.4 Å². The van der Waals surface area contributed by atoms with Gasteiger partial charge in [-0.3, -0.25) is 9.59 Å². The van der Waals surface area contributed by atoms with Crippen LogP contribution in [-0.2, 0) is 23.8 Å². The highest BCUT2D eigenvalue weighted by atomic mass is 16.7. The molecule has 1 aliphatic rings. The zero-order chi connectivity index (χ0) is 57.5. The SMILES string of the molecule is CCCCC/C=C\C/C=C\C/C=C\C/C=C\CCCCCCCCC(O)C(=O)NC(COC1OC(CO)C(O)C(O)C1OC(=O)CCCCCCCCC/C=C/CCCCCCCC)C(O)/C=C/CCCCCCCCCCC. The van der Waals surface area contributed by atoms with Gasteiger partial charge in [-0.25, -0.2) is 0 Å². The normalized spacial score (nSPS) is 19.3. The van der Waals surface area contributed by atoms with Gasteiger partial charge < -0.3 is 45.1 Å². The summed E-state index contributed by atoms with van der Waals surface area (Å²) in [5.74, 6) is -1.21. The van der Waals surface area contributed by atoms with Crippen LogP contribution in [0.4, 0.5) is 0 Å². The monoisotopic (exact) mass is 1110 g/mol. The number of hydrogen-bond donors (Lipinski definition) is 6. The lowest BCUT2D eigenvalue weighted by molar-refractivity contribution is -0.305. The molecule has 0 spiro atoms. The molecule has 0 bridgehead atoms. The third-order valence-electron chi connectivity index (χ3n) is 15.1. The van der Waals surface area contributed by atoms with Crippen molar-refractivity contribution >= 4 is 11.9 Å². The third-order valence-corrected chi connectivity index (χ3v) is 15.1. The molecule has 0 aliphatic carbocycles. The number of carbonyl (C=O) groups is 2. The van der Waals surface area contributed by atoms with Gasteiger partial charge in [0.2, 0.25) is 5.91 Å². The minimum absolute atomic E-state index is 0.116. The van der Waals surface area contributed by atoms with Crippen molar-refractivity contribution in [3.63, 3.8) is 0 Å². The molecule has 8 atom stereocenters. The number of nitrogens with one attached hydrogen (secondary N) is 1. The van der Waals surface area contributed by atoms with E-state index < -0.39 is 67.4 Å². The standard InChI is InChI=1S/C68H121NO10/c1-4-7-10-13-16-19-22-24-26-28-29-30-31-32-34-35-37-40-43-46-49-52-55-61(72)67(76)69-59(60(71)54-51-48-45-42-39-21-18-15-12-9-6-3)58-77-68-66(65(75)64(74)62(57-70)78-68)79-63(73)56-53-50-47-44-41-38-36-33-27-25-23-20-17-14-11-8-5-2/h16,19,24-27,29-30,32,34,51,54,59-62,64-66,68,70-72,74-75H,4-15,17-18,20-23,28,31,33,35-50,52-53,55-58H2,1-3H3,(H,69,76)/b19-16-,26-24-,27-25+,30-29-,34-32-,54-51+. The lowest BCUT2D eigenvalue weighted by Crippen LogP contribution is -2.61. The van der Waals surface area contributed by atoms with Crippen LogP contribution in [0.15, 0.2) is 72.9 Å². The first-order valence-corrected chi connectivity index (χ1v) is 32.7. The largest absolute Gasteiger partial charge is 0.454 e. The summed E-state index contributed by atoms with van der Waals surface area (Å²) in [5.41, 5.74) is 0. The average Bonchev–Trinajstić information content (AvgIpc) is 3.45. The molecule has 1 fully saturated rings. The first-order valence-electron chi connectivity index (χ1n) is 32.7. The van der Waals surface area contributed by atoms with Crippen molar-refractivity contribution in [2.24, 2.45) is 0 Å². The number of allylic oxidation sites excluding steroid dienone is 11. The highest BCUT2D eigenvalue weighted by Gasteiger charge is 2.47. The maximum Gasteiger partial charge on any atom is 0.306 e. The van der Waals surface area contributed by atoms with E-state index in [1.165, 1.54) is 128 Å². The summed E-state index contributed by atoms with van der Waals surface area (Å²) in [6.07, 6.45) is 60.8. The summed E-state index contributed by atoms with van der Waals surface area (Å²) in [6, 6.07) is -1.03. The van der Waals surface area contributed by atoms with Crippen LogP contribution in [0.1, 0.15) is 284 Å². The van der Waals surface area contributed by atoms with E-state index >= 15 is 0 Å². The molecule has 1 amide bonds. The summed E-state index contributed by atoms with van der Waals surface area (Å²) in [7, 11) is 0. The van der Waals surface area contributed by atoms with Gasteiger partial charge in [-0.15, -0.1) is 0 Å². The van der Waals surface area contributed by atoms with E-state index in [0.717, 1.165) is 109 Å². The Morgan fingerprint density at radius 3 is 1.34 bits per heavy atom. The number of amides is 1. The Hall–Kier alpha value is -2.90. The van der Waals surface area contributed by atoms with E-state index in [2.05, 4.69) is 86.8 Å². The molecular weight excluding hydrogens is 991 g/mol. The summed E-state index contributed by atoms with van der Waals surface area (Å²) < 4.78 is 17.6. The van der Waals surface area contributed by atoms with Gasteiger partial charge in [0.15, 0.2) is 12.4 Å². The van der Waals surface area contributed by atoms with Crippen LogP contribution in [0, 0.1) is 0 Å². The molecule has 0 aromatic rings. The van der Waals surface area contributed by atoms with E-state index in [1.54, 1.807) is 6.08 Å². The van der Waals surface area contributed by atoms with Crippen LogP contribution in [0.3, 0.4) is 0 Å². The molecule has 0 radical (unpaired) electrons. The van der Waals surface area contributed by atoms with Crippen molar-refractivity contribution in [2.45, 2.75) is 333 Å². The number of unbranched alkanes of at least 4 members (excludes halogenated alkanes) is 31. The van der Waals surface area contributed by atoms with Gasteiger partial charge in [-0.1, -0.05) is 254 Å². The number of carbonyl (C=O) groups excluding carboxylic acids is 2. The zero-order valence-electron chi connectivity index (χ0n) is 50.7. The second-order valence-corrected chi connectivity index (χ2v) is 22.5. The fraction of sp³-hybridized carbons (Fsp3) is 0.794. The third kappa shape index (κ3) is 43.5. The van der Waals surface area contributed by atoms with Crippen molar-refractivity contribution in [3.8, 4) is 0 Å². The number of esters is 1. The maximum absolute atomic E-state index is 13.4. The van der Waals surface area contributed by atoms with Gasteiger partial charge in [-0.05, 0) is 96.3 Å². The molecule has 11 heteroatoms. The lowest BCUT2D eigenvalue weighted by atomic mass is 9.99. The average molecular weight is 1110 g/mol. The Kier molecular flexibility index (Phi) is 52.2. The van der Waals surface area contributed by atoms with Gasteiger partial charge in [0.25, 0.3) is 0 Å². The fourth-order valence-electron chi connectivity index (χ4n) is 9.86. The molecule has 458 valence electrons. The molecule has 8 unspecified atom stereocenters. The van der Waals surface area contributed by atoms with Crippen molar-refractivity contribution in [1.82, 2.24) is 5.32 Å². The molecule has 1 saturated heterocycles. The van der Waals surface area contributed by atoms with E-state index in [9.17, 15) is 35.1 Å². The predicted octanol–water partition coefficient (Wildman–Crippen LogP) is 16.0. The topological polar surface area (TPSA) is 175 Å². The summed E-state index contributed by atoms with van der Waals surface area (Å²) >= 11 is 0. The first-order chi connectivity index (χ1) is 38.7. The van der Waals surface area contributed by atoms with Crippen molar-refractivity contribution in [3.05, 3.63) is 72.9 Å². The molecule has 1 aliphatic heterocycles. The second kappa shape index (κ2) is 55.6. The van der Waals surface area contributed by atoms with Crippen LogP contribution in [0.2, 0.25) is 0 Å². The zero-order valence-corrected chi connectivity index (χ0v) is 50.7. The van der Waals surface area contributed by atoms with Crippen LogP contribution in [0.25, 0.3) is 0 Å². The molecule has 0 saturated carbocycles. The lowest BCUT2D eigenvalue weighted by Gasteiger charge is -2.41. The summed E-state index contributed by atoms with van der Waals surface area (Å²) in [4.78, 5) is 26.6. The Bertz CT molecular complexity index is 1560. The summed E-state index contributed by atoms with van der Waals surface area (Å²) in [6.45, 7) is 5.75. The van der Waals surface area contributed by atoms with Crippen molar-refractivity contribution in [1.29, 1.82) is 0 Å². The number of ether oxygens (including phenoxy) is 3. The molecule has 79 heavy (non-hydrogen) atoms. The number of aliphatic hydroxyl groups excluding tert-OH is 5. The van der Waals surface area contributed by atoms with Crippen LogP contribution >= 0.6 is 0 Å². The molecule has 11 nitrogen and oxygen atoms in total. The molecule has 6 N–H and O–H groups in total. The Morgan fingerprint density at radius 1 is 0.494 bits per heavy atom. The quantitative estimate of drug-likeness (QED) is 0.0195. The van der Waals surface area contributed by atoms with Gasteiger partial charge >= 0.3 is 5.97 Å². The Labute approximate surface area is 483 Å². The number of hydrogen-bond acceptors (Lipinski definition) is 10. The molecule has 1 heterocycles. The van der Waals surface area contributed by atoms with E-state index in [-0.39, 0.29) is 19.4 Å². The van der Waals surface area contributed by atoms with E-state index in [1.807, 2.05) is 6.08 Å². The molecule has 1 rings (SSSR count). The highest BCUT2D eigenvalue weighted by molar-refractivity contribution is 5.80. The minimum Gasteiger partial charge on any atom is -0.454 e. The van der Waals surface area contributed by atoms with Gasteiger partial charge in [-0.2, -0.15) is 0 Å². The molecule has 0 aromatic heterocycles. The second-order valence-electron chi connectivity index (χ2n) is 22.5. The van der Waals surface area contributed by atoms with Crippen LogP contribution in [0.5, 0.6) is 0 Å². The highest BCUT2D eigenvalue weighted by Crippen LogP contribution is 2.26. The number of rotatable bonds is 55. The smallest absolute Gasteiger partial charge is 0.306 e. The molecular formula is C68H121NO10. The fourth-order valence-corrected chi connectivity index (χ4v) is 9.86. The van der Waals surface area contributed by atoms with Gasteiger partial charge in [0, 0.05) is 6.42 Å².